The zero-order valence-corrected chi connectivity index (χ0v) is 25.1. The third-order valence-electron chi connectivity index (χ3n) is 7.28. The molecule has 0 fully saturated rings. The first-order valence-corrected chi connectivity index (χ1v) is 15.1. The summed E-state index contributed by atoms with van der Waals surface area (Å²) in [5.41, 5.74) is 1.85. The van der Waals surface area contributed by atoms with Gasteiger partial charge in [-0.3, -0.25) is 4.79 Å². The number of fused-ring (bicyclic) bond motifs is 1. The molecule has 1 aromatic heterocycles. The van der Waals surface area contributed by atoms with Gasteiger partial charge in [-0.05, 0) is 51.1 Å². The lowest BCUT2D eigenvalue weighted by molar-refractivity contribution is -0.134. The smallest absolute Gasteiger partial charge is 0.323 e. The van der Waals surface area contributed by atoms with Gasteiger partial charge in [0.25, 0.3) is 0 Å². The Morgan fingerprint density at radius 3 is 2.50 bits per heavy atom. The number of nitrogens with one attached hydrogen (secondary N) is 2. The molecule has 0 aliphatic carbocycles. The molecule has 42 heavy (non-hydrogen) atoms. The average molecular weight is 600 g/mol. The van der Waals surface area contributed by atoms with Crippen molar-refractivity contribution >= 4 is 33.3 Å². The second-order valence-electron chi connectivity index (χ2n) is 10.6. The number of carbonyl (C=O) groups excluding carboxylic acids is 2. The van der Waals surface area contributed by atoms with Crippen molar-refractivity contribution < 1.29 is 32.4 Å². The van der Waals surface area contributed by atoms with Crippen molar-refractivity contribution in [3.05, 3.63) is 65.5 Å². The number of nitrogens with zero attached hydrogens (tertiary/aromatic N) is 3. The monoisotopic (exact) mass is 599 g/mol. The second-order valence-corrected chi connectivity index (χ2v) is 12.6. The number of rotatable bonds is 8. The molecular weight excluding hydrogens is 562 g/mol. The van der Waals surface area contributed by atoms with Crippen LogP contribution in [0.1, 0.15) is 30.9 Å². The summed E-state index contributed by atoms with van der Waals surface area (Å²) in [7, 11) is -2.50. The van der Waals surface area contributed by atoms with Gasteiger partial charge in [-0.15, -0.1) is 0 Å². The minimum Gasteiger partial charge on any atom is -0.488 e. The standard InChI is InChI=1S/C29H37N5O7S/c1-18-15-34(19(2)17-35)27(36)14-22-13-24(31-29(37)30-23-9-7-6-8-10-23)11-12-25(22)40-26(18)16-33(5)42(38,39)28-20(3)32-41-21(28)4/h6-13,18-19,26,35H,14-17H2,1-5H3,(H2,30,31,37)/t18-,19+,26+/m0/s1. The van der Waals surface area contributed by atoms with E-state index < -0.39 is 28.2 Å². The third-order valence-corrected chi connectivity index (χ3v) is 9.35. The van der Waals surface area contributed by atoms with Crippen molar-refractivity contribution in [3.8, 4) is 5.75 Å². The number of likely N-dealkylation sites (N-methyl/N-ethyl adjacent to an activating group) is 1. The van der Waals surface area contributed by atoms with Gasteiger partial charge in [0.1, 0.15) is 22.4 Å². The first-order valence-electron chi connectivity index (χ1n) is 13.6. The highest BCUT2D eigenvalue weighted by Gasteiger charge is 2.35. The average Bonchev–Trinajstić information content (AvgIpc) is 3.31. The van der Waals surface area contributed by atoms with Gasteiger partial charge in [-0.25, -0.2) is 13.2 Å². The van der Waals surface area contributed by atoms with E-state index in [-0.39, 0.29) is 54.3 Å². The van der Waals surface area contributed by atoms with Crippen LogP contribution in [0, 0.1) is 19.8 Å². The number of anilines is 2. The lowest BCUT2D eigenvalue weighted by Gasteiger charge is -2.33. The van der Waals surface area contributed by atoms with Crippen molar-refractivity contribution in [2.45, 2.75) is 51.2 Å². The maximum absolute atomic E-state index is 13.5. The molecule has 1 aliphatic rings. The van der Waals surface area contributed by atoms with Gasteiger partial charge in [0.2, 0.25) is 15.9 Å². The number of para-hydroxylation sites is 1. The number of ether oxygens (including phenoxy) is 1. The minimum absolute atomic E-state index is 0.0105. The lowest BCUT2D eigenvalue weighted by atomic mass is 10.0. The molecule has 226 valence electrons. The molecule has 0 radical (unpaired) electrons. The molecule has 4 rings (SSSR count). The molecule has 3 aromatic rings. The van der Waals surface area contributed by atoms with Crippen molar-refractivity contribution in [2.75, 3.05) is 37.4 Å². The van der Waals surface area contributed by atoms with Crippen LogP contribution < -0.4 is 15.4 Å². The number of aryl methyl sites for hydroxylation is 2. The van der Waals surface area contributed by atoms with Gasteiger partial charge >= 0.3 is 6.03 Å². The Morgan fingerprint density at radius 2 is 1.86 bits per heavy atom. The quantitative estimate of drug-likeness (QED) is 0.356. The van der Waals surface area contributed by atoms with Crippen molar-refractivity contribution in [3.63, 3.8) is 0 Å². The van der Waals surface area contributed by atoms with E-state index >= 15 is 0 Å². The van der Waals surface area contributed by atoms with Gasteiger partial charge in [0, 0.05) is 36.4 Å². The Hall–Kier alpha value is -3.94. The van der Waals surface area contributed by atoms with Crippen LogP contribution in [-0.4, -0.2) is 78.7 Å². The van der Waals surface area contributed by atoms with Crippen LogP contribution in [-0.2, 0) is 21.2 Å². The summed E-state index contributed by atoms with van der Waals surface area (Å²) in [6, 6.07) is 13.0. The number of aliphatic hydroxyl groups is 1. The number of benzene rings is 2. The topological polar surface area (TPSA) is 154 Å². The summed E-state index contributed by atoms with van der Waals surface area (Å²) in [4.78, 5) is 27.7. The first-order chi connectivity index (χ1) is 19.9. The zero-order chi connectivity index (χ0) is 30.6. The van der Waals surface area contributed by atoms with Gasteiger partial charge in [0.15, 0.2) is 5.76 Å². The van der Waals surface area contributed by atoms with Crippen molar-refractivity contribution in [2.24, 2.45) is 5.92 Å². The number of aromatic nitrogens is 1. The number of amides is 3. The van der Waals surface area contributed by atoms with E-state index in [0.717, 1.165) is 0 Å². The van der Waals surface area contributed by atoms with Crippen LogP contribution in [0.15, 0.2) is 57.9 Å². The fourth-order valence-electron chi connectivity index (χ4n) is 4.89. The number of carbonyl (C=O) groups is 2. The van der Waals surface area contributed by atoms with Crippen LogP contribution >= 0.6 is 0 Å². The highest BCUT2D eigenvalue weighted by molar-refractivity contribution is 7.89. The molecule has 3 N–H and O–H groups in total. The molecule has 0 saturated carbocycles. The van der Waals surface area contributed by atoms with E-state index in [2.05, 4.69) is 15.8 Å². The zero-order valence-electron chi connectivity index (χ0n) is 24.3. The lowest BCUT2D eigenvalue weighted by Crippen LogP contribution is -2.48. The van der Waals surface area contributed by atoms with Crippen LogP contribution in [0.5, 0.6) is 5.75 Å². The Balaban J connectivity index is 1.63. The molecule has 1 aliphatic heterocycles. The van der Waals surface area contributed by atoms with Crippen LogP contribution in [0.25, 0.3) is 0 Å². The fraction of sp³-hybridized carbons (Fsp3) is 0.414. The maximum atomic E-state index is 13.5. The maximum Gasteiger partial charge on any atom is 0.323 e. The summed E-state index contributed by atoms with van der Waals surface area (Å²) in [6.07, 6.45) is -0.703. The molecule has 0 saturated heterocycles. The molecule has 0 bridgehead atoms. The fourth-order valence-corrected chi connectivity index (χ4v) is 6.36. The second kappa shape index (κ2) is 12.9. The molecular formula is C29H37N5O7S. The Labute approximate surface area is 245 Å². The van der Waals surface area contributed by atoms with Crippen molar-refractivity contribution in [1.82, 2.24) is 14.4 Å². The largest absolute Gasteiger partial charge is 0.488 e. The van der Waals surface area contributed by atoms with E-state index in [1.165, 1.54) is 11.4 Å². The van der Waals surface area contributed by atoms with Gasteiger partial charge < -0.3 is 29.9 Å². The molecule has 0 unspecified atom stereocenters. The van der Waals surface area contributed by atoms with Crippen LogP contribution in [0.2, 0.25) is 0 Å². The highest BCUT2D eigenvalue weighted by atomic mass is 32.2. The van der Waals surface area contributed by atoms with E-state index in [9.17, 15) is 23.1 Å². The minimum atomic E-state index is -3.96. The summed E-state index contributed by atoms with van der Waals surface area (Å²) in [5.74, 6) is 0.0519. The van der Waals surface area contributed by atoms with E-state index in [1.807, 2.05) is 13.0 Å². The van der Waals surface area contributed by atoms with E-state index in [1.54, 1.807) is 68.1 Å². The Kier molecular flexibility index (Phi) is 9.54. The highest BCUT2D eigenvalue weighted by Crippen LogP contribution is 2.30. The van der Waals surface area contributed by atoms with E-state index in [4.69, 9.17) is 9.26 Å². The molecule has 3 amide bonds. The third kappa shape index (κ3) is 6.92. The number of urea groups is 1. The Bertz CT molecular complexity index is 1510. The number of hydrogen-bond donors (Lipinski definition) is 3. The number of aliphatic hydroxyl groups excluding tert-OH is 1. The van der Waals surface area contributed by atoms with Gasteiger partial charge in [0.05, 0.1) is 25.6 Å². The molecule has 0 spiro atoms. The first kappa shape index (κ1) is 31.0. The predicted octanol–water partition coefficient (Wildman–Crippen LogP) is 3.41. The Morgan fingerprint density at radius 1 is 1.17 bits per heavy atom. The van der Waals surface area contributed by atoms with Crippen LogP contribution in [0.4, 0.5) is 16.2 Å². The molecule has 3 atom stereocenters. The van der Waals surface area contributed by atoms with Gasteiger partial charge in [-0.2, -0.15) is 4.31 Å². The predicted molar refractivity (Wildman–Crippen MR) is 157 cm³/mol. The number of sulfonamides is 1. The molecule has 2 aromatic carbocycles. The van der Waals surface area contributed by atoms with E-state index in [0.29, 0.717) is 22.7 Å². The summed E-state index contributed by atoms with van der Waals surface area (Å²) in [5, 5.41) is 19.2. The normalized spacial score (nSPS) is 18.4. The van der Waals surface area contributed by atoms with Gasteiger partial charge in [-0.1, -0.05) is 30.3 Å². The number of hydrogen-bond acceptors (Lipinski definition) is 8. The molecule has 12 nitrogen and oxygen atoms in total. The summed E-state index contributed by atoms with van der Waals surface area (Å²) in [6.45, 7) is 6.71. The molecule has 13 heteroatoms. The SMILES string of the molecule is Cc1noc(C)c1S(=O)(=O)N(C)C[C@H]1Oc2ccc(NC(=O)Nc3ccccc3)cc2CC(=O)N([C@H](C)CO)C[C@@H]1C. The summed E-state index contributed by atoms with van der Waals surface area (Å²) < 4.78 is 39.6. The summed E-state index contributed by atoms with van der Waals surface area (Å²) >= 11 is 0. The molecule has 2 heterocycles. The van der Waals surface area contributed by atoms with Crippen molar-refractivity contribution in [1.29, 1.82) is 0 Å². The van der Waals surface area contributed by atoms with Crippen LogP contribution in [0.3, 0.4) is 0 Å².